The maximum atomic E-state index is 13.0. The van der Waals surface area contributed by atoms with Crippen LogP contribution in [0.2, 0.25) is 0 Å². The van der Waals surface area contributed by atoms with Gasteiger partial charge in [0.15, 0.2) is 0 Å². The van der Waals surface area contributed by atoms with Crippen LogP contribution in [-0.4, -0.2) is 38.3 Å². The first-order valence-electron chi connectivity index (χ1n) is 9.59. The van der Waals surface area contributed by atoms with Gasteiger partial charge in [0.25, 0.3) is 11.5 Å². The van der Waals surface area contributed by atoms with E-state index >= 15 is 0 Å². The molecule has 9 nitrogen and oxygen atoms in total. The quantitative estimate of drug-likeness (QED) is 0.383. The molecule has 0 aliphatic heterocycles. The molecule has 0 atom stereocenters. The number of rotatable bonds is 7. The Morgan fingerprint density at radius 2 is 2.07 bits per heavy atom. The molecular weight excluding hydrogens is 382 g/mol. The summed E-state index contributed by atoms with van der Waals surface area (Å²) in [5.74, 6) is 0.0417. The molecule has 1 amide bonds. The molecule has 0 radical (unpaired) electrons. The molecule has 5 N–H and O–H groups in total. The van der Waals surface area contributed by atoms with Gasteiger partial charge in [-0.2, -0.15) is 5.10 Å². The lowest BCUT2D eigenvalue weighted by molar-refractivity contribution is 0.0950. The number of hydrogen-bond donors (Lipinski definition) is 5. The molecule has 3 aromatic heterocycles. The van der Waals surface area contributed by atoms with E-state index in [0.29, 0.717) is 28.2 Å². The summed E-state index contributed by atoms with van der Waals surface area (Å²) in [7, 11) is 0. The average Bonchev–Trinajstić information content (AvgIpc) is 3.20. The number of nitrogens with one attached hydrogen (secondary N) is 5. The Bertz CT molecular complexity index is 1130. The fraction of sp³-hybridized carbons (Fsp3) is 0.286. The Hall–Kier alpha value is -3.75. The number of hydrogen-bond acceptors (Lipinski definition) is 6. The van der Waals surface area contributed by atoms with Crippen molar-refractivity contribution in [3.63, 3.8) is 0 Å². The molecule has 3 aromatic rings. The number of anilines is 1. The van der Waals surface area contributed by atoms with Crippen LogP contribution in [0.3, 0.4) is 0 Å². The van der Waals surface area contributed by atoms with Crippen LogP contribution in [0.4, 0.5) is 5.82 Å². The number of H-pyrrole nitrogens is 2. The summed E-state index contributed by atoms with van der Waals surface area (Å²) >= 11 is 0. The zero-order valence-corrected chi connectivity index (χ0v) is 17.4. The molecule has 0 aliphatic rings. The molecule has 30 heavy (non-hydrogen) atoms. The van der Waals surface area contributed by atoms with E-state index in [-0.39, 0.29) is 18.1 Å². The fourth-order valence-electron chi connectivity index (χ4n) is 3.18. The number of aryl methyl sites for hydroxylation is 2. The second-order valence-electron chi connectivity index (χ2n) is 7.37. The van der Waals surface area contributed by atoms with Crippen molar-refractivity contribution in [2.75, 3.05) is 5.32 Å². The van der Waals surface area contributed by atoms with Crippen LogP contribution in [0.15, 0.2) is 29.3 Å². The lowest BCUT2D eigenvalue weighted by Crippen LogP contribution is -2.29. The number of carbonyl (C=O) groups excluding carboxylic acids is 1. The molecule has 0 saturated heterocycles. The van der Waals surface area contributed by atoms with E-state index < -0.39 is 5.91 Å². The van der Waals surface area contributed by atoms with E-state index in [4.69, 9.17) is 5.41 Å². The highest BCUT2D eigenvalue weighted by atomic mass is 16.1. The zero-order chi connectivity index (χ0) is 21.8. The monoisotopic (exact) mass is 407 g/mol. The minimum absolute atomic E-state index is 0.0560. The summed E-state index contributed by atoms with van der Waals surface area (Å²) in [6.07, 6.45) is 4.40. The van der Waals surface area contributed by atoms with Gasteiger partial charge in [-0.3, -0.25) is 14.7 Å². The van der Waals surface area contributed by atoms with Crippen LogP contribution >= 0.6 is 0 Å². The lowest BCUT2D eigenvalue weighted by Gasteiger charge is -2.16. The van der Waals surface area contributed by atoms with Crippen LogP contribution in [0.5, 0.6) is 0 Å². The highest BCUT2D eigenvalue weighted by Gasteiger charge is 2.19. The number of amides is 1. The summed E-state index contributed by atoms with van der Waals surface area (Å²) in [4.78, 5) is 32.6. The predicted octanol–water partition coefficient (Wildman–Crippen LogP) is 2.52. The van der Waals surface area contributed by atoms with Crippen molar-refractivity contribution in [3.8, 4) is 11.3 Å². The molecule has 0 saturated carbocycles. The molecule has 156 valence electrons. The van der Waals surface area contributed by atoms with E-state index in [9.17, 15) is 9.59 Å². The van der Waals surface area contributed by atoms with Crippen molar-refractivity contribution >= 4 is 17.9 Å². The normalized spacial score (nSPS) is 10.8. The standard InChI is InChI=1S/C21H25N7O2/c1-11(2)26-19-16(7-22)15(6-18(28-19)14-8-24-25-9-14)20(29)23-10-17-12(3)5-13(4)27-21(17)30/h5-9,11,22H,10H2,1-4H3,(H,23,29)(H,24,25)(H,26,28)(H,27,30). The van der Waals surface area contributed by atoms with Gasteiger partial charge in [0.05, 0.1) is 17.5 Å². The Morgan fingerprint density at radius 3 is 2.67 bits per heavy atom. The summed E-state index contributed by atoms with van der Waals surface area (Å²) in [6, 6.07) is 3.54. The first-order valence-corrected chi connectivity index (χ1v) is 9.59. The molecule has 0 spiro atoms. The average molecular weight is 407 g/mol. The van der Waals surface area contributed by atoms with Crippen molar-refractivity contribution in [3.05, 3.63) is 62.8 Å². The largest absolute Gasteiger partial charge is 0.367 e. The van der Waals surface area contributed by atoms with E-state index in [0.717, 1.165) is 23.0 Å². The highest BCUT2D eigenvalue weighted by Crippen LogP contribution is 2.25. The van der Waals surface area contributed by atoms with E-state index in [1.165, 1.54) is 0 Å². The summed E-state index contributed by atoms with van der Waals surface area (Å²) in [6.45, 7) is 7.62. The van der Waals surface area contributed by atoms with E-state index in [1.807, 2.05) is 33.8 Å². The zero-order valence-electron chi connectivity index (χ0n) is 17.4. The van der Waals surface area contributed by atoms with Gasteiger partial charge < -0.3 is 21.0 Å². The van der Waals surface area contributed by atoms with Gasteiger partial charge in [0.2, 0.25) is 0 Å². The number of aromatic amines is 2. The molecule has 0 fully saturated rings. The Morgan fingerprint density at radius 1 is 1.30 bits per heavy atom. The van der Waals surface area contributed by atoms with Gasteiger partial charge in [-0.05, 0) is 45.4 Å². The van der Waals surface area contributed by atoms with Crippen LogP contribution in [0.25, 0.3) is 11.3 Å². The van der Waals surface area contributed by atoms with Gasteiger partial charge in [-0.15, -0.1) is 0 Å². The predicted molar refractivity (Wildman–Crippen MR) is 116 cm³/mol. The summed E-state index contributed by atoms with van der Waals surface area (Å²) in [5, 5.41) is 20.5. The van der Waals surface area contributed by atoms with E-state index in [2.05, 4.69) is 30.8 Å². The van der Waals surface area contributed by atoms with Crippen LogP contribution in [-0.2, 0) is 6.54 Å². The molecule has 0 aliphatic carbocycles. The number of pyridine rings is 2. The number of aromatic nitrogens is 4. The third-order valence-corrected chi connectivity index (χ3v) is 4.59. The van der Waals surface area contributed by atoms with Gasteiger partial charge in [-0.1, -0.05) is 0 Å². The third kappa shape index (κ3) is 4.45. The summed E-state index contributed by atoms with van der Waals surface area (Å²) in [5.41, 5.74) is 3.78. The van der Waals surface area contributed by atoms with Crippen LogP contribution in [0.1, 0.15) is 46.6 Å². The Kier molecular flexibility index (Phi) is 6.10. The van der Waals surface area contributed by atoms with Crippen molar-refractivity contribution < 1.29 is 4.79 Å². The number of carbonyl (C=O) groups is 1. The van der Waals surface area contributed by atoms with Crippen molar-refractivity contribution in [2.24, 2.45) is 0 Å². The Labute approximate surface area is 173 Å². The lowest BCUT2D eigenvalue weighted by atomic mass is 10.0. The second-order valence-corrected chi connectivity index (χ2v) is 7.37. The minimum atomic E-state index is -0.396. The number of nitrogens with zero attached hydrogens (tertiary/aromatic N) is 2. The van der Waals surface area contributed by atoms with Crippen molar-refractivity contribution in [2.45, 2.75) is 40.3 Å². The van der Waals surface area contributed by atoms with Crippen molar-refractivity contribution in [1.82, 2.24) is 25.5 Å². The SMILES string of the molecule is Cc1cc(C)c(CNC(=O)c2cc(-c3cn[nH]c3)nc(NC(C)C)c2C=N)c(=O)[nH]1. The summed E-state index contributed by atoms with van der Waals surface area (Å²) < 4.78 is 0. The molecule has 0 aromatic carbocycles. The first kappa shape index (κ1) is 21.0. The van der Waals surface area contributed by atoms with Gasteiger partial charge >= 0.3 is 0 Å². The fourth-order valence-corrected chi connectivity index (χ4v) is 3.18. The molecule has 3 rings (SSSR count). The maximum Gasteiger partial charge on any atom is 0.253 e. The second kappa shape index (κ2) is 8.73. The molecule has 3 heterocycles. The molecule has 0 bridgehead atoms. The topological polar surface area (TPSA) is 139 Å². The minimum Gasteiger partial charge on any atom is -0.367 e. The van der Waals surface area contributed by atoms with E-state index in [1.54, 1.807) is 18.5 Å². The van der Waals surface area contributed by atoms with Gasteiger partial charge in [0, 0.05) is 47.4 Å². The van der Waals surface area contributed by atoms with Crippen LogP contribution < -0.4 is 16.2 Å². The maximum absolute atomic E-state index is 13.0. The smallest absolute Gasteiger partial charge is 0.253 e. The van der Waals surface area contributed by atoms with Crippen molar-refractivity contribution in [1.29, 1.82) is 5.41 Å². The van der Waals surface area contributed by atoms with Crippen LogP contribution in [0, 0.1) is 19.3 Å². The molecular formula is C21H25N7O2. The first-order chi connectivity index (χ1) is 14.3. The molecule has 0 unspecified atom stereocenters. The molecule has 9 heteroatoms. The van der Waals surface area contributed by atoms with Gasteiger partial charge in [-0.25, -0.2) is 4.98 Å². The Balaban J connectivity index is 1.99. The third-order valence-electron chi connectivity index (χ3n) is 4.59. The van der Waals surface area contributed by atoms with Gasteiger partial charge in [0.1, 0.15) is 5.82 Å². The highest BCUT2D eigenvalue weighted by molar-refractivity contribution is 6.05.